The first kappa shape index (κ1) is 20.9. The second-order valence-electron chi connectivity index (χ2n) is 7.66. The minimum Gasteiger partial charge on any atom is -0.432 e. The van der Waals surface area contributed by atoms with E-state index in [1.165, 1.54) is 12.1 Å². The van der Waals surface area contributed by atoms with Gasteiger partial charge in [-0.1, -0.05) is 0 Å². The maximum absolute atomic E-state index is 14.3. The molecule has 0 N–H and O–H groups in total. The van der Waals surface area contributed by atoms with Crippen LogP contribution in [0.5, 0.6) is 5.75 Å². The second kappa shape index (κ2) is 8.19. The van der Waals surface area contributed by atoms with Crippen molar-refractivity contribution in [2.75, 3.05) is 6.54 Å². The van der Waals surface area contributed by atoms with Crippen molar-refractivity contribution in [1.29, 1.82) is 0 Å². The van der Waals surface area contributed by atoms with Gasteiger partial charge in [0.15, 0.2) is 11.6 Å². The van der Waals surface area contributed by atoms with E-state index >= 15 is 0 Å². The highest BCUT2D eigenvalue weighted by Crippen LogP contribution is 2.33. The van der Waals surface area contributed by atoms with E-state index in [1.807, 2.05) is 0 Å². The van der Waals surface area contributed by atoms with Gasteiger partial charge in [0.1, 0.15) is 0 Å². The molecule has 5 rings (SSSR count). The van der Waals surface area contributed by atoms with Gasteiger partial charge in [0, 0.05) is 42.7 Å². The third-order valence-electron chi connectivity index (χ3n) is 5.63. The molecule has 3 heterocycles. The molecule has 1 aliphatic heterocycles. The largest absolute Gasteiger partial charge is 0.432 e. The Kier molecular flexibility index (Phi) is 5.20. The first-order valence-corrected chi connectivity index (χ1v) is 10.2. The zero-order valence-electron chi connectivity index (χ0n) is 17.5. The number of hydrogen-bond donors (Lipinski definition) is 0. The van der Waals surface area contributed by atoms with Crippen LogP contribution in [0.4, 0.5) is 13.2 Å². The van der Waals surface area contributed by atoms with Crippen molar-refractivity contribution in [1.82, 2.24) is 24.6 Å². The van der Waals surface area contributed by atoms with Crippen molar-refractivity contribution in [2.24, 2.45) is 7.05 Å². The summed E-state index contributed by atoms with van der Waals surface area (Å²) in [7, 11) is 1.73. The number of nitrogens with zero attached hydrogens (tertiary/aromatic N) is 5. The van der Waals surface area contributed by atoms with Crippen molar-refractivity contribution < 1.29 is 22.7 Å². The normalized spacial score (nSPS) is 13.4. The maximum atomic E-state index is 14.3. The van der Waals surface area contributed by atoms with Gasteiger partial charge < -0.3 is 9.64 Å². The molecule has 7 nitrogen and oxygen atoms in total. The number of aromatic nitrogens is 4. The zero-order chi connectivity index (χ0) is 23.1. The fourth-order valence-electron chi connectivity index (χ4n) is 4.17. The monoisotopic (exact) mass is 453 g/mol. The predicted octanol–water partition coefficient (Wildman–Crippen LogP) is 3.97. The highest BCUT2D eigenvalue weighted by molar-refractivity contribution is 5.97. The number of ether oxygens (including phenoxy) is 1. The molecule has 0 aliphatic carbocycles. The maximum Gasteiger partial charge on any atom is 0.387 e. The lowest BCUT2D eigenvalue weighted by Crippen LogP contribution is -2.36. The van der Waals surface area contributed by atoms with Gasteiger partial charge in [-0.25, -0.2) is 4.39 Å². The van der Waals surface area contributed by atoms with Gasteiger partial charge in [0.25, 0.3) is 5.91 Å². The zero-order valence-corrected chi connectivity index (χ0v) is 17.5. The molecular weight excluding hydrogens is 435 g/mol. The van der Waals surface area contributed by atoms with Gasteiger partial charge in [0.05, 0.1) is 29.0 Å². The van der Waals surface area contributed by atoms with Crippen LogP contribution in [0, 0.1) is 5.82 Å². The molecule has 0 unspecified atom stereocenters. The Labute approximate surface area is 186 Å². The lowest BCUT2D eigenvalue weighted by Gasteiger charge is -2.26. The fraction of sp³-hybridized carbons (Fsp3) is 0.217. The summed E-state index contributed by atoms with van der Waals surface area (Å²) in [4.78, 5) is 23.3. The number of benzene rings is 2. The van der Waals surface area contributed by atoms with E-state index in [9.17, 15) is 18.0 Å². The van der Waals surface area contributed by atoms with Gasteiger partial charge in [-0.2, -0.15) is 13.9 Å². The number of carbonyl (C=O) groups excluding carboxylic acids is 1. The third-order valence-corrected chi connectivity index (χ3v) is 5.63. The molecule has 2 aromatic carbocycles. The SMILES string of the molecule is Cn1nc2c(c1-c1ccc(OC(F)F)c(F)c1)CCN(C(=O)c1ccc3nccnc3c1)C2. The molecule has 4 aromatic rings. The van der Waals surface area contributed by atoms with Gasteiger partial charge >= 0.3 is 6.61 Å². The van der Waals surface area contributed by atoms with Crippen molar-refractivity contribution >= 4 is 16.9 Å². The highest BCUT2D eigenvalue weighted by Gasteiger charge is 2.28. The minimum absolute atomic E-state index is 0.139. The Morgan fingerprint density at radius 1 is 1.09 bits per heavy atom. The summed E-state index contributed by atoms with van der Waals surface area (Å²) in [5.41, 5.74) is 4.65. The van der Waals surface area contributed by atoms with E-state index in [2.05, 4.69) is 19.8 Å². The summed E-state index contributed by atoms with van der Waals surface area (Å²) in [6.07, 6.45) is 3.70. The number of aryl methyl sites for hydroxylation is 1. The third kappa shape index (κ3) is 3.88. The van der Waals surface area contributed by atoms with E-state index < -0.39 is 18.2 Å². The van der Waals surface area contributed by atoms with Crippen molar-refractivity contribution in [3.63, 3.8) is 0 Å². The molecule has 33 heavy (non-hydrogen) atoms. The van der Waals surface area contributed by atoms with Crippen LogP contribution in [0.25, 0.3) is 22.3 Å². The van der Waals surface area contributed by atoms with E-state index in [-0.39, 0.29) is 5.91 Å². The lowest BCUT2D eigenvalue weighted by molar-refractivity contribution is -0.0521. The Balaban J connectivity index is 1.41. The Bertz CT molecular complexity index is 1370. The Morgan fingerprint density at radius 2 is 1.88 bits per heavy atom. The van der Waals surface area contributed by atoms with Crippen LogP contribution in [-0.2, 0) is 20.0 Å². The second-order valence-corrected chi connectivity index (χ2v) is 7.66. The number of rotatable bonds is 4. The molecule has 0 fully saturated rings. The first-order valence-electron chi connectivity index (χ1n) is 10.2. The number of halogens is 3. The molecule has 0 atom stereocenters. The fourth-order valence-corrected chi connectivity index (χ4v) is 4.17. The summed E-state index contributed by atoms with van der Waals surface area (Å²) in [6, 6.07) is 9.06. The minimum atomic E-state index is -3.10. The van der Waals surface area contributed by atoms with E-state index in [4.69, 9.17) is 0 Å². The van der Waals surface area contributed by atoms with E-state index in [1.54, 1.807) is 47.2 Å². The molecule has 0 saturated carbocycles. The van der Waals surface area contributed by atoms with Gasteiger partial charge in [-0.05, 0) is 42.8 Å². The quantitative estimate of drug-likeness (QED) is 0.468. The lowest BCUT2D eigenvalue weighted by atomic mass is 9.99. The van der Waals surface area contributed by atoms with E-state index in [0.29, 0.717) is 53.1 Å². The topological polar surface area (TPSA) is 73.1 Å². The van der Waals surface area contributed by atoms with Gasteiger partial charge in [-0.3, -0.25) is 19.4 Å². The number of carbonyl (C=O) groups is 1. The smallest absolute Gasteiger partial charge is 0.387 e. The number of amides is 1. The van der Waals surface area contributed by atoms with Crippen LogP contribution in [0.3, 0.4) is 0 Å². The van der Waals surface area contributed by atoms with Crippen molar-refractivity contribution in [3.8, 4) is 17.0 Å². The molecule has 0 saturated heterocycles. The van der Waals surface area contributed by atoms with Crippen LogP contribution in [-0.4, -0.2) is 43.7 Å². The van der Waals surface area contributed by atoms with Crippen LogP contribution >= 0.6 is 0 Å². The molecule has 0 spiro atoms. The van der Waals surface area contributed by atoms with Crippen LogP contribution in [0.15, 0.2) is 48.8 Å². The number of alkyl halides is 2. The van der Waals surface area contributed by atoms with Crippen molar-refractivity contribution in [3.05, 3.63) is 71.4 Å². The molecular formula is C23H18F3N5O2. The predicted molar refractivity (Wildman–Crippen MR) is 113 cm³/mol. The van der Waals surface area contributed by atoms with Crippen LogP contribution in [0.2, 0.25) is 0 Å². The summed E-state index contributed by atoms with van der Waals surface area (Å²) in [5.74, 6) is -1.53. The molecule has 1 amide bonds. The average molecular weight is 453 g/mol. The summed E-state index contributed by atoms with van der Waals surface area (Å²) in [6.45, 7) is -2.35. The first-order chi connectivity index (χ1) is 15.9. The van der Waals surface area contributed by atoms with Gasteiger partial charge in [0.2, 0.25) is 0 Å². The van der Waals surface area contributed by atoms with E-state index in [0.717, 1.165) is 11.6 Å². The summed E-state index contributed by atoms with van der Waals surface area (Å²) < 4.78 is 44.9. The Hall–Kier alpha value is -3.95. The summed E-state index contributed by atoms with van der Waals surface area (Å²) in [5, 5.41) is 4.53. The molecule has 168 valence electrons. The average Bonchev–Trinajstić information content (AvgIpc) is 3.14. The molecule has 2 aromatic heterocycles. The molecule has 10 heteroatoms. The van der Waals surface area contributed by atoms with Crippen LogP contribution < -0.4 is 4.74 Å². The number of fused-ring (bicyclic) bond motifs is 2. The number of hydrogen-bond acceptors (Lipinski definition) is 5. The highest BCUT2D eigenvalue weighted by atomic mass is 19.3. The van der Waals surface area contributed by atoms with Gasteiger partial charge in [-0.15, -0.1) is 0 Å². The van der Waals surface area contributed by atoms with Crippen molar-refractivity contribution in [2.45, 2.75) is 19.6 Å². The van der Waals surface area contributed by atoms with Crippen LogP contribution in [0.1, 0.15) is 21.6 Å². The summed E-state index contributed by atoms with van der Waals surface area (Å²) >= 11 is 0. The molecule has 0 bridgehead atoms. The molecule has 1 aliphatic rings. The Morgan fingerprint density at radius 3 is 2.64 bits per heavy atom. The standard InChI is InChI=1S/C23H18F3N5O2/c1-30-21(13-3-5-20(16(24)10-13)33-23(25)26)15-6-9-31(12-19(15)29-30)22(32)14-2-4-17-18(11-14)28-8-7-27-17/h2-5,7-8,10-11,23H,6,9,12H2,1H3. The molecule has 0 radical (unpaired) electrons.